The molecule has 130 valence electrons. The summed E-state index contributed by atoms with van der Waals surface area (Å²) in [4.78, 5) is 38.2. The van der Waals surface area contributed by atoms with Crippen molar-refractivity contribution in [3.63, 3.8) is 0 Å². The Balaban J connectivity index is 1.97. The molecule has 1 fully saturated rings. The third kappa shape index (κ3) is 4.22. The number of carbonyl (C=O) groups is 3. The first-order chi connectivity index (χ1) is 11.4. The highest BCUT2D eigenvalue weighted by Crippen LogP contribution is 2.20. The van der Waals surface area contributed by atoms with E-state index in [0.717, 1.165) is 24.0 Å². The standard InChI is InChI=1S/C19H25NO4/c1-13-7-8-15(12-14(13)2)17(21)9-10-18(22)20-11-5-4-6-16(20)19(23)24-3/h7-8,12,16H,4-6,9-11H2,1-3H3. The Morgan fingerprint density at radius 3 is 2.54 bits per heavy atom. The van der Waals surface area contributed by atoms with Gasteiger partial charge in [0.15, 0.2) is 5.78 Å². The fourth-order valence-electron chi connectivity index (χ4n) is 3.03. The molecule has 1 aliphatic heterocycles. The average Bonchev–Trinajstić information content (AvgIpc) is 2.60. The molecular weight excluding hydrogens is 306 g/mol. The number of aryl methyl sites for hydroxylation is 2. The maximum Gasteiger partial charge on any atom is 0.328 e. The van der Waals surface area contributed by atoms with Crippen LogP contribution in [-0.2, 0) is 14.3 Å². The maximum atomic E-state index is 12.5. The van der Waals surface area contributed by atoms with Crippen LogP contribution in [0.3, 0.4) is 0 Å². The molecule has 1 amide bonds. The Morgan fingerprint density at radius 1 is 1.12 bits per heavy atom. The molecule has 1 aliphatic rings. The topological polar surface area (TPSA) is 63.7 Å². The van der Waals surface area contributed by atoms with Crippen LogP contribution >= 0.6 is 0 Å². The van der Waals surface area contributed by atoms with Crippen LogP contribution in [0.1, 0.15) is 53.6 Å². The number of likely N-dealkylation sites (tertiary alicyclic amines) is 1. The molecule has 0 aromatic heterocycles. The molecule has 1 heterocycles. The lowest BCUT2D eigenvalue weighted by Gasteiger charge is -2.33. The number of rotatable bonds is 5. The number of hydrogen-bond acceptors (Lipinski definition) is 4. The van der Waals surface area contributed by atoms with Gasteiger partial charge in [-0.2, -0.15) is 0 Å². The van der Waals surface area contributed by atoms with E-state index in [0.29, 0.717) is 18.5 Å². The molecule has 1 atom stereocenters. The van der Waals surface area contributed by atoms with Crippen LogP contribution in [0.2, 0.25) is 0 Å². The second-order valence-corrected chi connectivity index (χ2v) is 6.34. The molecule has 1 aromatic carbocycles. The van der Waals surface area contributed by atoms with Gasteiger partial charge in [0.25, 0.3) is 0 Å². The first-order valence-corrected chi connectivity index (χ1v) is 8.41. The van der Waals surface area contributed by atoms with E-state index in [1.165, 1.54) is 7.11 Å². The largest absolute Gasteiger partial charge is 0.467 e. The Hall–Kier alpha value is -2.17. The van der Waals surface area contributed by atoms with Gasteiger partial charge in [-0.1, -0.05) is 12.1 Å². The number of amides is 1. The first kappa shape index (κ1) is 18.2. The van der Waals surface area contributed by atoms with E-state index in [4.69, 9.17) is 4.74 Å². The number of benzene rings is 1. The molecule has 0 bridgehead atoms. The van der Waals surface area contributed by atoms with Crippen LogP contribution in [0.4, 0.5) is 0 Å². The summed E-state index contributed by atoms with van der Waals surface area (Å²) in [6.45, 7) is 4.51. The lowest BCUT2D eigenvalue weighted by atomic mass is 9.99. The highest BCUT2D eigenvalue weighted by atomic mass is 16.5. The van der Waals surface area contributed by atoms with Crippen molar-refractivity contribution >= 4 is 17.7 Å². The van der Waals surface area contributed by atoms with Crippen LogP contribution in [0.25, 0.3) is 0 Å². The second kappa shape index (κ2) is 8.08. The quantitative estimate of drug-likeness (QED) is 0.615. The zero-order valence-corrected chi connectivity index (χ0v) is 14.6. The lowest BCUT2D eigenvalue weighted by Crippen LogP contribution is -2.48. The van der Waals surface area contributed by atoms with Gasteiger partial charge in [0.05, 0.1) is 7.11 Å². The van der Waals surface area contributed by atoms with E-state index >= 15 is 0 Å². The van der Waals surface area contributed by atoms with E-state index in [1.807, 2.05) is 26.0 Å². The smallest absolute Gasteiger partial charge is 0.328 e. The number of nitrogens with zero attached hydrogens (tertiary/aromatic N) is 1. The van der Waals surface area contributed by atoms with Gasteiger partial charge in [0.1, 0.15) is 6.04 Å². The highest BCUT2D eigenvalue weighted by Gasteiger charge is 2.32. The molecule has 5 nitrogen and oxygen atoms in total. The van der Waals surface area contributed by atoms with Crippen molar-refractivity contribution in [3.8, 4) is 0 Å². The maximum absolute atomic E-state index is 12.5. The molecular formula is C19H25NO4. The van der Waals surface area contributed by atoms with Gasteiger partial charge in [0.2, 0.25) is 5.91 Å². The Morgan fingerprint density at radius 2 is 1.88 bits per heavy atom. The van der Waals surface area contributed by atoms with E-state index in [2.05, 4.69) is 0 Å². The molecule has 0 aliphatic carbocycles. The number of hydrogen-bond donors (Lipinski definition) is 0. The first-order valence-electron chi connectivity index (χ1n) is 8.41. The average molecular weight is 331 g/mol. The van der Waals surface area contributed by atoms with Gasteiger partial charge in [-0.3, -0.25) is 9.59 Å². The molecule has 1 unspecified atom stereocenters. The second-order valence-electron chi connectivity index (χ2n) is 6.34. The van der Waals surface area contributed by atoms with Gasteiger partial charge >= 0.3 is 5.97 Å². The minimum absolute atomic E-state index is 0.0434. The van der Waals surface area contributed by atoms with Crippen molar-refractivity contribution in [2.45, 2.75) is 52.0 Å². The van der Waals surface area contributed by atoms with E-state index < -0.39 is 6.04 Å². The zero-order valence-electron chi connectivity index (χ0n) is 14.6. The van der Waals surface area contributed by atoms with Gasteiger partial charge in [-0.05, 0) is 50.3 Å². The van der Waals surface area contributed by atoms with Crippen LogP contribution < -0.4 is 0 Å². The Kier molecular flexibility index (Phi) is 6.12. The van der Waals surface area contributed by atoms with Gasteiger partial charge < -0.3 is 9.64 Å². The third-order valence-corrected chi connectivity index (χ3v) is 4.69. The van der Waals surface area contributed by atoms with Crippen LogP contribution in [-0.4, -0.2) is 42.3 Å². The summed E-state index contributed by atoms with van der Waals surface area (Å²) in [5.41, 5.74) is 2.83. The molecule has 0 N–H and O–H groups in total. The molecule has 1 aromatic rings. The summed E-state index contributed by atoms with van der Waals surface area (Å²) < 4.78 is 4.79. The monoisotopic (exact) mass is 331 g/mol. The zero-order chi connectivity index (χ0) is 17.7. The summed E-state index contributed by atoms with van der Waals surface area (Å²) in [6.07, 6.45) is 2.70. The third-order valence-electron chi connectivity index (χ3n) is 4.69. The predicted octanol–water partition coefficient (Wildman–Crippen LogP) is 2.82. The molecule has 1 saturated heterocycles. The molecule has 0 spiro atoms. The van der Waals surface area contributed by atoms with E-state index in [-0.39, 0.29) is 30.5 Å². The van der Waals surface area contributed by atoms with Crippen molar-refractivity contribution in [2.75, 3.05) is 13.7 Å². The molecule has 0 radical (unpaired) electrons. The number of methoxy groups -OCH3 is 1. The van der Waals surface area contributed by atoms with Crippen molar-refractivity contribution < 1.29 is 19.1 Å². The van der Waals surface area contributed by atoms with Gasteiger partial charge in [-0.25, -0.2) is 4.79 Å². The van der Waals surface area contributed by atoms with Crippen LogP contribution in [0, 0.1) is 13.8 Å². The fraction of sp³-hybridized carbons (Fsp3) is 0.526. The number of carbonyl (C=O) groups excluding carboxylic acids is 3. The van der Waals surface area contributed by atoms with Gasteiger partial charge in [0, 0.05) is 24.9 Å². The number of ketones is 1. The molecule has 5 heteroatoms. The number of ether oxygens (including phenoxy) is 1. The van der Waals surface area contributed by atoms with E-state index in [1.54, 1.807) is 11.0 Å². The van der Waals surface area contributed by atoms with Crippen LogP contribution in [0.5, 0.6) is 0 Å². The van der Waals surface area contributed by atoms with Crippen LogP contribution in [0.15, 0.2) is 18.2 Å². The Bertz CT molecular complexity index is 638. The SMILES string of the molecule is COC(=O)C1CCCCN1C(=O)CCC(=O)c1ccc(C)c(C)c1. The predicted molar refractivity (Wildman–Crippen MR) is 90.8 cm³/mol. The minimum Gasteiger partial charge on any atom is -0.467 e. The summed E-state index contributed by atoms with van der Waals surface area (Å²) >= 11 is 0. The summed E-state index contributed by atoms with van der Waals surface area (Å²) in [6, 6.07) is 5.07. The van der Waals surface area contributed by atoms with Crippen molar-refractivity contribution in [1.82, 2.24) is 4.90 Å². The summed E-state index contributed by atoms with van der Waals surface area (Å²) in [7, 11) is 1.34. The van der Waals surface area contributed by atoms with Crippen molar-refractivity contribution in [3.05, 3.63) is 34.9 Å². The summed E-state index contributed by atoms with van der Waals surface area (Å²) in [5.74, 6) is -0.566. The Labute approximate surface area is 143 Å². The number of esters is 1. The fourth-order valence-corrected chi connectivity index (χ4v) is 3.03. The van der Waals surface area contributed by atoms with Gasteiger partial charge in [-0.15, -0.1) is 0 Å². The highest BCUT2D eigenvalue weighted by molar-refractivity contribution is 5.98. The number of Topliss-reactive ketones (excluding diaryl/α,β-unsaturated/α-hetero) is 1. The molecule has 24 heavy (non-hydrogen) atoms. The minimum atomic E-state index is -0.507. The number of piperidine rings is 1. The molecule has 0 saturated carbocycles. The summed E-state index contributed by atoms with van der Waals surface area (Å²) in [5, 5.41) is 0. The van der Waals surface area contributed by atoms with Crippen molar-refractivity contribution in [2.24, 2.45) is 0 Å². The lowest BCUT2D eigenvalue weighted by molar-refractivity contribution is -0.154. The normalized spacial score (nSPS) is 17.5. The van der Waals surface area contributed by atoms with E-state index in [9.17, 15) is 14.4 Å². The molecule has 2 rings (SSSR count). The van der Waals surface area contributed by atoms with Crippen molar-refractivity contribution in [1.29, 1.82) is 0 Å².